The third-order valence-corrected chi connectivity index (χ3v) is 3.32. The topological polar surface area (TPSA) is 47.3 Å². The lowest BCUT2D eigenvalue weighted by molar-refractivity contribution is 0.0751. The molecule has 2 aromatic rings. The Hall–Kier alpha value is -1.39. The molecule has 96 valence electrons. The first kappa shape index (κ1) is 11.7. The van der Waals surface area contributed by atoms with E-state index in [4.69, 9.17) is 9.15 Å². The second-order valence-electron chi connectivity index (χ2n) is 4.69. The fraction of sp³-hybridized carbons (Fsp3) is 0.500. The number of rotatable bonds is 3. The van der Waals surface area contributed by atoms with Crippen LogP contribution in [0.2, 0.25) is 0 Å². The summed E-state index contributed by atoms with van der Waals surface area (Å²) >= 11 is 0. The Morgan fingerprint density at radius 3 is 3.17 bits per heavy atom. The van der Waals surface area contributed by atoms with E-state index in [0.717, 1.165) is 49.6 Å². The van der Waals surface area contributed by atoms with Crippen LogP contribution in [0.3, 0.4) is 0 Å². The molecular weight excluding hydrogens is 228 g/mol. The van der Waals surface area contributed by atoms with Gasteiger partial charge in [-0.25, -0.2) is 4.98 Å². The molecule has 0 aliphatic carbocycles. The zero-order valence-electron chi connectivity index (χ0n) is 10.6. The van der Waals surface area contributed by atoms with Gasteiger partial charge in [0.15, 0.2) is 11.5 Å². The number of hydrogen-bond acceptors (Lipinski definition) is 4. The monoisotopic (exact) mass is 246 g/mol. The van der Waals surface area contributed by atoms with Crippen LogP contribution in [0.5, 0.6) is 0 Å². The number of ether oxygens (including phenoxy) is 1. The van der Waals surface area contributed by atoms with Gasteiger partial charge in [0.2, 0.25) is 0 Å². The normalized spacial score (nSPS) is 20.4. The Kier molecular flexibility index (Phi) is 3.30. The minimum absolute atomic E-state index is 0.317. The lowest BCUT2D eigenvalue weighted by Crippen LogP contribution is -2.42. The van der Waals surface area contributed by atoms with Crippen LogP contribution in [-0.4, -0.2) is 30.8 Å². The summed E-state index contributed by atoms with van der Waals surface area (Å²) in [6.07, 6.45) is 1.81. The van der Waals surface area contributed by atoms with Crippen LogP contribution >= 0.6 is 0 Å². The lowest BCUT2D eigenvalue weighted by Gasteiger charge is -2.22. The molecule has 3 rings (SSSR count). The van der Waals surface area contributed by atoms with Crippen molar-refractivity contribution in [2.45, 2.75) is 25.8 Å². The smallest absolute Gasteiger partial charge is 0.197 e. The van der Waals surface area contributed by atoms with Crippen molar-refractivity contribution in [2.24, 2.45) is 0 Å². The number of aryl methyl sites for hydroxylation is 1. The minimum Gasteiger partial charge on any atom is -0.441 e. The molecule has 0 spiro atoms. The fourth-order valence-corrected chi connectivity index (χ4v) is 2.29. The second-order valence-corrected chi connectivity index (χ2v) is 4.69. The van der Waals surface area contributed by atoms with Gasteiger partial charge in [-0.1, -0.05) is 13.0 Å². The number of nitrogens with one attached hydrogen (secondary N) is 1. The molecule has 1 N–H and O–H groups in total. The molecule has 4 heteroatoms. The van der Waals surface area contributed by atoms with Gasteiger partial charge in [-0.15, -0.1) is 0 Å². The van der Waals surface area contributed by atoms with Crippen LogP contribution in [0.25, 0.3) is 11.1 Å². The molecule has 1 saturated heterocycles. The van der Waals surface area contributed by atoms with E-state index in [0.29, 0.717) is 6.04 Å². The van der Waals surface area contributed by atoms with Crippen LogP contribution in [0.15, 0.2) is 22.6 Å². The van der Waals surface area contributed by atoms with Crippen LogP contribution < -0.4 is 5.32 Å². The van der Waals surface area contributed by atoms with E-state index in [1.54, 1.807) is 0 Å². The highest BCUT2D eigenvalue weighted by Crippen LogP contribution is 2.18. The molecule has 0 radical (unpaired) electrons. The molecule has 1 aliphatic rings. The van der Waals surface area contributed by atoms with Gasteiger partial charge in [-0.3, -0.25) is 0 Å². The van der Waals surface area contributed by atoms with Crippen LogP contribution in [0.4, 0.5) is 0 Å². The molecule has 0 amide bonds. The van der Waals surface area contributed by atoms with E-state index in [1.807, 2.05) is 6.07 Å². The van der Waals surface area contributed by atoms with Crippen molar-refractivity contribution in [3.63, 3.8) is 0 Å². The predicted octanol–water partition coefficient (Wildman–Crippen LogP) is 1.92. The van der Waals surface area contributed by atoms with E-state index in [-0.39, 0.29) is 0 Å². The van der Waals surface area contributed by atoms with E-state index < -0.39 is 0 Å². The number of hydrogen-bond donors (Lipinski definition) is 1. The predicted molar refractivity (Wildman–Crippen MR) is 69.7 cm³/mol. The Morgan fingerprint density at radius 1 is 1.44 bits per heavy atom. The lowest BCUT2D eigenvalue weighted by atomic mass is 10.1. The number of aromatic nitrogens is 1. The van der Waals surface area contributed by atoms with Gasteiger partial charge in [0.25, 0.3) is 0 Å². The average molecular weight is 246 g/mol. The van der Waals surface area contributed by atoms with Gasteiger partial charge >= 0.3 is 0 Å². The Balaban J connectivity index is 1.79. The van der Waals surface area contributed by atoms with Crippen molar-refractivity contribution in [1.82, 2.24) is 10.3 Å². The SMILES string of the molecule is CCc1ccc2oc(CC3COCCN3)nc2c1. The van der Waals surface area contributed by atoms with Crippen molar-refractivity contribution < 1.29 is 9.15 Å². The average Bonchev–Trinajstić information content (AvgIpc) is 2.80. The second kappa shape index (κ2) is 5.08. The summed E-state index contributed by atoms with van der Waals surface area (Å²) in [6.45, 7) is 4.58. The van der Waals surface area contributed by atoms with Crippen LogP contribution in [0, 0.1) is 0 Å². The highest BCUT2D eigenvalue weighted by molar-refractivity contribution is 5.73. The number of nitrogens with zero attached hydrogens (tertiary/aromatic N) is 1. The maximum atomic E-state index is 5.76. The summed E-state index contributed by atoms with van der Waals surface area (Å²) in [5.74, 6) is 0.793. The van der Waals surface area contributed by atoms with E-state index in [1.165, 1.54) is 5.56 Å². The van der Waals surface area contributed by atoms with Gasteiger partial charge in [-0.05, 0) is 24.1 Å². The Morgan fingerprint density at radius 2 is 2.39 bits per heavy atom. The molecule has 1 fully saturated rings. The molecule has 1 aliphatic heterocycles. The maximum absolute atomic E-state index is 5.76. The summed E-state index contributed by atoms with van der Waals surface area (Å²) in [4.78, 5) is 4.55. The number of oxazole rings is 1. The van der Waals surface area contributed by atoms with Gasteiger partial charge < -0.3 is 14.5 Å². The molecule has 2 heterocycles. The Bertz CT molecular complexity index is 530. The maximum Gasteiger partial charge on any atom is 0.197 e. The first-order chi connectivity index (χ1) is 8.85. The molecule has 0 bridgehead atoms. The zero-order valence-corrected chi connectivity index (χ0v) is 10.6. The van der Waals surface area contributed by atoms with Crippen molar-refractivity contribution in [2.75, 3.05) is 19.8 Å². The quantitative estimate of drug-likeness (QED) is 0.899. The largest absolute Gasteiger partial charge is 0.441 e. The number of benzene rings is 1. The molecule has 4 nitrogen and oxygen atoms in total. The summed E-state index contributed by atoms with van der Waals surface area (Å²) < 4.78 is 11.2. The van der Waals surface area contributed by atoms with E-state index in [2.05, 4.69) is 29.4 Å². The van der Waals surface area contributed by atoms with Crippen molar-refractivity contribution in [1.29, 1.82) is 0 Å². The highest BCUT2D eigenvalue weighted by atomic mass is 16.5. The van der Waals surface area contributed by atoms with Crippen molar-refractivity contribution >= 4 is 11.1 Å². The fourth-order valence-electron chi connectivity index (χ4n) is 2.29. The van der Waals surface area contributed by atoms with E-state index >= 15 is 0 Å². The molecule has 18 heavy (non-hydrogen) atoms. The zero-order chi connectivity index (χ0) is 12.4. The first-order valence-electron chi connectivity index (χ1n) is 6.54. The van der Waals surface area contributed by atoms with E-state index in [9.17, 15) is 0 Å². The number of morpholine rings is 1. The standard InChI is InChI=1S/C14H18N2O2/c1-2-10-3-4-13-12(7-10)16-14(18-13)8-11-9-17-6-5-15-11/h3-4,7,11,15H,2,5-6,8-9H2,1H3. The molecular formula is C14H18N2O2. The highest BCUT2D eigenvalue weighted by Gasteiger charge is 2.16. The molecule has 1 atom stereocenters. The number of fused-ring (bicyclic) bond motifs is 1. The third kappa shape index (κ3) is 2.40. The van der Waals surface area contributed by atoms with Gasteiger partial charge in [0.05, 0.1) is 13.2 Å². The Labute approximate surface area is 106 Å². The molecule has 1 aromatic heterocycles. The third-order valence-electron chi connectivity index (χ3n) is 3.32. The van der Waals surface area contributed by atoms with Crippen molar-refractivity contribution in [3.05, 3.63) is 29.7 Å². The molecule has 1 unspecified atom stereocenters. The molecule has 0 saturated carbocycles. The summed E-state index contributed by atoms with van der Waals surface area (Å²) in [5, 5.41) is 3.41. The van der Waals surface area contributed by atoms with Crippen LogP contribution in [0.1, 0.15) is 18.4 Å². The summed E-state index contributed by atoms with van der Waals surface area (Å²) in [5.41, 5.74) is 3.13. The van der Waals surface area contributed by atoms with Gasteiger partial charge in [0.1, 0.15) is 5.52 Å². The molecule has 1 aromatic carbocycles. The summed E-state index contributed by atoms with van der Waals surface area (Å²) in [6, 6.07) is 6.53. The van der Waals surface area contributed by atoms with Gasteiger partial charge in [-0.2, -0.15) is 0 Å². The van der Waals surface area contributed by atoms with Crippen molar-refractivity contribution in [3.8, 4) is 0 Å². The van der Waals surface area contributed by atoms with Crippen LogP contribution in [-0.2, 0) is 17.6 Å². The van der Waals surface area contributed by atoms with Gasteiger partial charge in [0, 0.05) is 19.0 Å². The first-order valence-corrected chi connectivity index (χ1v) is 6.54. The summed E-state index contributed by atoms with van der Waals surface area (Å²) in [7, 11) is 0. The minimum atomic E-state index is 0.317.